The van der Waals surface area contributed by atoms with E-state index in [0.717, 1.165) is 16.7 Å². The third-order valence-electron chi connectivity index (χ3n) is 3.95. The summed E-state index contributed by atoms with van der Waals surface area (Å²) in [5.41, 5.74) is 1.89. The number of halogens is 1. The van der Waals surface area contributed by atoms with Crippen LogP contribution in [0.15, 0.2) is 24.5 Å². The summed E-state index contributed by atoms with van der Waals surface area (Å²) in [4.78, 5) is 9.50. The fraction of sp³-hybridized carbons (Fsp3) is 0.500. The van der Waals surface area contributed by atoms with Crippen LogP contribution in [0.25, 0.3) is 11.0 Å². The topological polar surface area (TPSA) is 69.3 Å². The van der Waals surface area contributed by atoms with Crippen molar-refractivity contribution < 1.29 is 12.8 Å². The number of alkyl halides is 1. The summed E-state index contributed by atoms with van der Waals surface area (Å²) >= 11 is 0. The highest BCUT2D eigenvalue weighted by molar-refractivity contribution is 7.89. The summed E-state index contributed by atoms with van der Waals surface area (Å²) in [5.74, 6) is -0.110. The zero-order valence-electron chi connectivity index (χ0n) is 12.2. The Balaban J connectivity index is 1.71. The van der Waals surface area contributed by atoms with Gasteiger partial charge in [0.1, 0.15) is 5.65 Å². The highest BCUT2D eigenvalue weighted by atomic mass is 32.2. The Labute approximate surface area is 129 Å². The van der Waals surface area contributed by atoms with Gasteiger partial charge in [-0.1, -0.05) is 0 Å². The van der Waals surface area contributed by atoms with Gasteiger partial charge in [0, 0.05) is 49.6 Å². The van der Waals surface area contributed by atoms with Crippen molar-refractivity contribution in [3.8, 4) is 0 Å². The summed E-state index contributed by atoms with van der Waals surface area (Å²) < 4.78 is 37.8. The number of aromatic nitrogens is 2. The van der Waals surface area contributed by atoms with Gasteiger partial charge in [-0.25, -0.2) is 13.4 Å². The van der Waals surface area contributed by atoms with Crippen molar-refractivity contribution in [3.63, 3.8) is 0 Å². The van der Waals surface area contributed by atoms with Gasteiger partial charge < -0.3 is 9.88 Å². The molecule has 120 valence electrons. The van der Waals surface area contributed by atoms with E-state index in [0.29, 0.717) is 26.2 Å². The number of sulfonamides is 1. The molecule has 0 saturated carbocycles. The summed E-state index contributed by atoms with van der Waals surface area (Å²) in [6.45, 7) is 1.52. The first-order valence-electron chi connectivity index (χ1n) is 7.32. The second-order valence-corrected chi connectivity index (χ2v) is 7.40. The van der Waals surface area contributed by atoms with Gasteiger partial charge in [0.05, 0.1) is 12.4 Å². The molecule has 6 nitrogen and oxygen atoms in total. The van der Waals surface area contributed by atoms with Crippen LogP contribution in [0, 0.1) is 0 Å². The Morgan fingerprint density at radius 3 is 2.73 bits per heavy atom. The molecule has 2 aromatic rings. The predicted octanol–water partition coefficient (Wildman–Crippen LogP) is 1.37. The fourth-order valence-electron chi connectivity index (χ4n) is 2.80. The van der Waals surface area contributed by atoms with E-state index < -0.39 is 16.7 Å². The molecule has 1 fully saturated rings. The van der Waals surface area contributed by atoms with Gasteiger partial charge in [-0.2, -0.15) is 4.31 Å². The molecule has 0 unspecified atom stereocenters. The van der Waals surface area contributed by atoms with E-state index in [9.17, 15) is 12.8 Å². The third kappa shape index (κ3) is 2.93. The average molecular weight is 326 g/mol. The third-order valence-corrected chi connectivity index (χ3v) is 5.90. The molecule has 0 amide bonds. The molecule has 1 aliphatic heterocycles. The maximum absolute atomic E-state index is 12.2. The van der Waals surface area contributed by atoms with Crippen LogP contribution in [-0.2, 0) is 10.0 Å². The van der Waals surface area contributed by atoms with Crippen LogP contribution in [0.2, 0.25) is 0 Å². The maximum Gasteiger partial charge on any atom is 0.214 e. The lowest BCUT2D eigenvalue weighted by molar-refractivity contribution is 0.382. The predicted molar refractivity (Wildman–Crippen MR) is 84.3 cm³/mol. The zero-order valence-corrected chi connectivity index (χ0v) is 13.0. The van der Waals surface area contributed by atoms with E-state index in [4.69, 9.17) is 0 Å². The molecule has 22 heavy (non-hydrogen) atoms. The number of aromatic amines is 1. The van der Waals surface area contributed by atoms with Gasteiger partial charge in [-0.05, 0) is 18.6 Å². The van der Waals surface area contributed by atoms with Crippen molar-refractivity contribution in [2.45, 2.75) is 6.42 Å². The summed E-state index contributed by atoms with van der Waals surface area (Å²) in [6, 6.07) is 3.92. The van der Waals surface area contributed by atoms with Gasteiger partial charge in [0.2, 0.25) is 10.0 Å². The van der Waals surface area contributed by atoms with Gasteiger partial charge in [-0.15, -0.1) is 0 Å². The molecular formula is C14H19FN4O2S. The number of rotatable bonds is 5. The number of nitrogens with zero attached hydrogens (tertiary/aromatic N) is 3. The van der Waals surface area contributed by atoms with E-state index in [2.05, 4.69) is 14.9 Å². The smallest absolute Gasteiger partial charge is 0.214 e. The minimum atomic E-state index is -3.33. The minimum Gasteiger partial charge on any atom is -0.368 e. The number of hydrogen-bond acceptors (Lipinski definition) is 4. The summed E-state index contributed by atoms with van der Waals surface area (Å²) in [6.07, 6.45) is 3.66. The second kappa shape index (κ2) is 6.21. The molecule has 0 aliphatic carbocycles. The van der Waals surface area contributed by atoms with Crippen molar-refractivity contribution >= 4 is 26.7 Å². The van der Waals surface area contributed by atoms with E-state index in [1.54, 1.807) is 6.20 Å². The van der Waals surface area contributed by atoms with Crippen LogP contribution in [0.4, 0.5) is 10.1 Å². The first-order chi connectivity index (χ1) is 10.6. The number of nitrogens with one attached hydrogen (secondary N) is 1. The molecule has 0 spiro atoms. The van der Waals surface area contributed by atoms with Gasteiger partial charge in [-0.3, -0.25) is 4.39 Å². The van der Waals surface area contributed by atoms with Crippen molar-refractivity contribution in [3.05, 3.63) is 24.5 Å². The molecule has 0 radical (unpaired) electrons. The monoisotopic (exact) mass is 326 g/mol. The Hall–Kier alpha value is -1.67. The maximum atomic E-state index is 12.2. The standard InChI is InChI=1S/C14H19FN4O2S/c15-4-1-11-22(20,21)19-9-7-18(8-10-19)13-3-6-17-14-12(13)2-5-16-14/h2-3,5-6H,1,4,7-11H2,(H,16,17). The van der Waals surface area contributed by atoms with E-state index >= 15 is 0 Å². The number of piperazine rings is 1. The molecule has 3 rings (SSSR count). The normalized spacial score (nSPS) is 17.2. The molecule has 1 aliphatic rings. The lowest BCUT2D eigenvalue weighted by Gasteiger charge is -2.35. The zero-order chi connectivity index (χ0) is 15.6. The first-order valence-corrected chi connectivity index (χ1v) is 8.93. The Morgan fingerprint density at radius 2 is 2.00 bits per heavy atom. The van der Waals surface area contributed by atoms with E-state index in [-0.39, 0.29) is 12.2 Å². The van der Waals surface area contributed by atoms with Gasteiger partial charge in [0.25, 0.3) is 0 Å². The fourth-order valence-corrected chi connectivity index (χ4v) is 4.25. The van der Waals surface area contributed by atoms with Gasteiger partial charge >= 0.3 is 0 Å². The Morgan fingerprint density at radius 1 is 1.23 bits per heavy atom. The van der Waals surface area contributed by atoms with Crippen molar-refractivity contribution in [1.29, 1.82) is 0 Å². The largest absolute Gasteiger partial charge is 0.368 e. The molecule has 1 N–H and O–H groups in total. The average Bonchev–Trinajstić information content (AvgIpc) is 3.01. The summed E-state index contributed by atoms with van der Waals surface area (Å²) in [7, 11) is -3.33. The second-order valence-electron chi connectivity index (χ2n) is 5.31. The van der Waals surface area contributed by atoms with Crippen LogP contribution < -0.4 is 4.90 Å². The Kier molecular flexibility index (Phi) is 4.30. The molecule has 1 saturated heterocycles. The van der Waals surface area contributed by atoms with Crippen LogP contribution in [-0.4, -0.2) is 61.3 Å². The number of anilines is 1. The number of H-pyrrole nitrogens is 1. The van der Waals surface area contributed by atoms with Crippen molar-refractivity contribution in [2.75, 3.05) is 43.5 Å². The highest BCUT2D eigenvalue weighted by Gasteiger charge is 2.27. The van der Waals surface area contributed by atoms with Crippen LogP contribution in [0.5, 0.6) is 0 Å². The number of pyridine rings is 1. The minimum absolute atomic E-state index is 0.0663. The first kappa shape index (κ1) is 15.2. The highest BCUT2D eigenvalue weighted by Crippen LogP contribution is 2.26. The molecule has 0 bridgehead atoms. The lowest BCUT2D eigenvalue weighted by atomic mass is 10.2. The number of fused-ring (bicyclic) bond motifs is 1. The quantitative estimate of drug-likeness (QED) is 0.901. The lowest BCUT2D eigenvalue weighted by Crippen LogP contribution is -2.49. The SMILES string of the molecule is O=S(=O)(CCCF)N1CCN(c2ccnc3[nH]ccc23)CC1. The van der Waals surface area contributed by atoms with Crippen LogP contribution in [0.3, 0.4) is 0 Å². The van der Waals surface area contributed by atoms with Crippen LogP contribution >= 0.6 is 0 Å². The molecule has 0 aromatic carbocycles. The molecule has 3 heterocycles. The Bertz CT molecular complexity index is 738. The summed E-state index contributed by atoms with van der Waals surface area (Å²) in [5, 5.41) is 1.04. The van der Waals surface area contributed by atoms with E-state index in [1.807, 2.05) is 18.3 Å². The van der Waals surface area contributed by atoms with Crippen molar-refractivity contribution in [1.82, 2.24) is 14.3 Å². The van der Waals surface area contributed by atoms with Crippen molar-refractivity contribution in [2.24, 2.45) is 0 Å². The molecule has 0 atom stereocenters. The van der Waals surface area contributed by atoms with E-state index in [1.165, 1.54) is 4.31 Å². The molecule has 2 aromatic heterocycles. The van der Waals surface area contributed by atoms with Gasteiger partial charge in [0.15, 0.2) is 0 Å². The van der Waals surface area contributed by atoms with Crippen LogP contribution in [0.1, 0.15) is 6.42 Å². The molecule has 8 heteroatoms. The molecular weight excluding hydrogens is 307 g/mol. The number of hydrogen-bond donors (Lipinski definition) is 1.